The Morgan fingerprint density at radius 2 is 1.57 bits per heavy atom. The monoisotopic (exact) mass is 447 g/mol. The van der Waals surface area contributed by atoms with E-state index in [2.05, 4.69) is 25.3 Å². The standard InChI is InChI=1S/C18H17N5O5S2/c1-5-18(24)22-21-16-10-14(19-2)15(20-3)11-17(16)30(27,28)13-8-6-12(7-9-13)23-29(4,25)26/h6-11,21,23H,5H2,1,4H3,(H,22,24). The molecule has 30 heavy (non-hydrogen) atoms. The summed E-state index contributed by atoms with van der Waals surface area (Å²) in [5, 5.41) is 0. The molecule has 0 unspecified atom stereocenters. The summed E-state index contributed by atoms with van der Waals surface area (Å²) in [4.78, 5) is 17.5. The first-order chi connectivity index (χ1) is 14.0. The van der Waals surface area contributed by atoms with Crippen LogP contribution in [0.2, 0.25) is 0 Å². The van der Waals surface area contributed by atoms with E-state index < -0.39 is 25.8 Å². The van der Waals surface area contributed by atoms with E-state index >= 15 is 0 Å². The quantitative estimate of drug-likeness (QED) is 0.442. The predicted molar refractivity (Wildman–Crippen MR) is 111 cm³/mol. The van der Waals surface area contributed by atoms with Crippen LogP contribution < -0.4 is 15.6 Å². The molecule has 0 aliphatic rings. The minimum atomic E-state index is -4.18. The molecule has 0 saturated carbocycles. The second kappa shape index (κ2) is 8.82. The third-order valence-corrected chi connectivity index (χ3v) is 6.15. The molecule has 0 aliphatic heterocycles. The highest BCUT2D eigenvalue weighted by molar-refractivity contribution is 7.92. The minimum absolute atomic E-state index is 0.0754. The van der Waals surface area contributed by atoms with Gasteiger partial charge in [0.2, 0.25) is 25.8 Å². The number of hydrazine groups is 1. The number of carbonyl (C=O) groups excluding carboxylic acids is 1. The van der Waals surface area contributed by atoms with E-state index in [1.807, 2.05) is 0 Å². The molecule has 0 aliphatic carbocycles. The average Bonchev–Trinajstić information content (AvgIpc) is 2.70. The molecule has 156 valence electrons. The van der Waals surface area contributed by atoms with Crippen molar-refractivity contribution in [2.45, 2.75) is 23.1 Å². The summed E-state index contributed by atoms with van der Waals surface area (Å²) in [5.74, 6) is -0.409. The van der Waals surface area contributed by atoms with Crippen LogP contribution in [0.5, 0.6) is 0 Å². The van der Waals surface area contributed by atoms with Gasteiger partial charge < -0.3 is 0 Å². The molecule has 2 rings (SSSR count). The lowest BCUT2D eigenvalue weighted by molar-refractivity contribution is -0.120. The molecular formula is C18H17N5O5S2. The topological polar surface area (TPSA) is 130 Å². The molecule has 2 aromatic carbocycles. The maximum atomic E-state index is 13.2. The lowest BCUT2D eigenvalue weighted by Gasteiger charge is -2.15. The van der Waals surface area contributed by atoms with E-state index in [0.717, 1.165) is 12.3 Å². The van der Waals surface area contributed by atoms with E-state index in [9.17, 15) is 21.6 Å². The summed E-state index contributed by atoms with van der Waals surface area (Å²) in [6.07, 6.45) is 1.10. The van der Waals surface area contributed by atoms with Crippen LogP contribution in [-0.4, -0.2) is 29.0 Å². The molecule has 12 heteroatoms. The largest absolute Gasteiger partial charge is 0.299 e. The number of benzene rings is 2. The van der Waals surface area contributed by atoms with Crippen molar-refractivity contribution < 1.29 is 21.6 Å². The van der Waals surface area contributed by atoms with Crippen LogP contribution in [-0.2, 0) is 24.7 Å². The van der Waals surface area contributed by atoms with Crippen molar-refractivity contribution >= 4 is 48.5 Å². The molecule has 0 fully saturated rings. The first-order valence-corrected chi connectivity index (χ1v) is 11.7. The summed E-state index contributed by atoms with van der Waals surface area (Å²) in [7, 11) is -7.71. The minimum Gasteiger partial charge on any atom is -0.299 e. The van der Waals surface area contributed by atoms with Gasteiger partial charge in [0.25, 0.3) is 0 Å². The average molecular weight is 447 g/mol. The van der Waals surface area contributed by atoms with E-state index in [4.69, 9.17) is 13.1 Å². The van der Waals surface area contributed by atoms with Crippen LogP contribution in [0.3, 0.4) is 0 Å². The normalized spacial score (nSPS) is 11.1. The van der Waals surface area contributed by atoms with Gasteiger partial charge in [-0.25, -0.2) is 16.8 Å². The molecule has 2 aromatic rings. The number of rotatable bonds is 7. The number of sulfone groups is 1. The molecule has 0 saturated heterocycles. The summed E-state index contributed by atoms with van der Waals surface area (Å²) >= 11 is 0. The van der Waals surface area contributed by atoms with Crippen LogP contribution >= 0.6 is 0 Å². The maximum Gasteiger partial charge on any atom is 0.238 e. The second-order valence-corrected chi connectivity index (χ2v) is 9.66. The van der Waals surface area contributed by atoms with Gasteiger partial charge in [-0.15, -0.1) is 0 Å². The number of amides is 1. The highest BCUT2D eigenvalue weighted by Crippen LogP contribution is 2.38. The summed E-state index contributed by atoms with van der Waals surface area (Å²) < 4.78 is 51.2. The smallest absolute Gasteiger partial charge is 0.238 e. The zero-order valence-corrected chi connectivity index (χ0v) is 17.6. The van der Waals surface area contributed by atoms with E-state index in [1.165, 1.54) is 30.3 Å². The zero-order valence-electron chi connectivity index (χ0n) is 15.9. The van der Waals surface area contributed by atoms with Gasteiger partial charge in [-0.05, 0) is 36.4 Å². The number of carbonyl (C=O) groups is 1. The van der Waals surface area contributed by atoms with E-state index in [-0.39, 0.29) is 39.0 Å². The van der Waals surface area contributed by atoms with Crippen molar-refractivity contribution in [1.29, 1.82) is 0 Å². The molecule has 0 heterocycles. The summed E-state index contributed by atoms with van der Waals surface area (Å²) in [6, 6.07) is 7.20. The Labute approximate surface area is 174 Å². The lowest BCUT2D eigenvalue weighted by Crippen LogP contribution is -2.29. The van der Waals surface area contributed by atoms with Crippen LogP contribution in [0.15, 0.2) is 46.2 Å². The molecule has 0 atom stereocenters. The van der Waals surface area contributed by atoms with Gasteiger partial charge in [0.15, 0.2) is 11.4 Å². The third kappa shape index (κ3) is 5.26. The maximum absolute atomic E-state index is 13.2. The van der Waals surface area contributed by atoms with Crippen molar-refractivity contribution in [2.24, 2.45) is 0 Å². The highest BCUT2D eigenvalue weighted by Gasteiger charge is 2.24. The molecule has 0 radical (unpaired) electrons. The Morgan fingerprint density at radius 1 is 1.00 bits per heavy atom. The number of hydrogen-bond donors (Lipinski definition) is 3. The van der Waals surface area contributed by atoms with Crippen LogP contribution in [0.4, 0.5) is 22.7 Å². The van der Waals surface area contributed by atoms with Crippen molar-refractivity contribution in [3.8, 4) is 0 Å². The molecule has 1 amide bonds. The second-order valence-electron chi connectivity index (χ2n) is 5.99. The SMILES string of the molecule is [C-]#[N+]c1cc(NNC(=O)CC)c(S(=O)(=O)c2ccc(NS(C)(=O)=O)cc2)cc1[N+]#[C-]. The highest BCUT2D eigenvalue weighted by atomic mass is 32.2. The predicted octanol–water partition coefficient (Wildman–Crippen LogP) is 2.85. The molecule has 0 aromatic heterocycles. The Morgan fingerprint density at radius 3 is 2.07 bits per heavy atom. The number of hydrogen-bond acceptors (Lipinski definition) is 6. The Balaban J connectivity index is 2.57. The Hall–Kier alpha value is -3.61. The molecule has 0 spiro atoms. The van der Waals surface area contributed by atoms with E-state index in [0.29, 0.717) is 0 Å². The number of nitrogens with zero attached hydrogens (tertiary/aromatic N) is 2. The number of anilines is 2. The van der Waals surface area contributed by atoms with Gasteiger partial charge >= 0.3 is 0 Å². The van der Waals surface area contributed by atoms with Gasteiger partial charge in [0, 0.05) is 12.1 Å². The van der Waals surface area contributed by atoms with Crippen molar-refractivity contribution in [3.05, 3.63) is 59.2 Å². The van der Waals surface area contributed by atoms with Gasteiger partial charge in [0.05, 0.1) is 34.9 Å². The van der Waals surface area contributed by atoms with Crippen molar-refractivity contribution in [1.82, 2.24) is 5.43 Å². The molecular weight excluding hydrogens is 430 g/mol. The Kier molecular flexibility index (Phi) is 6.66. The molecule has 0 bridgehead atoms. The van der Waals surface area contributed by atoms with Gasteiger partial charge in [0.1, 0.15) is 0 Å². The van der Waals surface area contributed by atoms with Gasteiger partial charge in [-0.1, -0.05) is 6.92 Å². The molecule has 10 nitrogen and oxygen atoms in total. The first kappa shape index (κ1) is 22.7. The van der Waals surface area contributed by atoms with Gasteiger partial charge in [-0.2, -0.15) is 0 Å². The third-order valence-electron chi connectivity index (χ3n) is 3.73. The zero-order chi connectivity index (χ0) is 22.5. The van der Waals surface area contributed by atoms with E-state index in [1.54, 1.807) is 6.92 Å². The van der Waals surface area contributed by atoms with Gasteiger partial charge in [-0.3, -0.25) is 30.1 Å². The fourth-order valence-corrected chi connectivity index (χ4v) is 4.30. The first-order valence-electron chi connectivity index (χ1n) is 8.32. The lowest BCUT2D eigenvalue weighted by atomic mass is 10.2. The van der Waals surface area contributed by atoms with Crippen LogP contribution in [0, 0.1) is 13.1 Å². The Bertz CT molecular complexity index is 1270. The van der Waals surface area contributed by atoms with Crippen molar-refractivity contribution in [2.75, 3.05) is 16.4 Å². The fourth-order valence-electron chi connectivity index (χ4n) is 2.33. The molecule has 3 N–H and O–H groups in total. The van der Waals surface area contributed by atoms with Crippen LogP contribution in [0.25, 0.3) is 9.69 Å². The number of sulfonamides is 1. The fraction of sp³-hybridized carbons (Fsp3) is 0.167. The van der Waals surface area contributed by atoms with Crippen LogP contribution in [0.1, 0.15) is 13.3 Å². The number of nitrogens with one attached hydrogen (secondary N) is 3. The van der Waals surface area contributed by atoms with Crippen molar-refractivity contribution in [3.63, 3.8) is 0 Å². The summed E-state index contributed by atoms with van der Waals surface area (Å²) in [5.41, 5.74) is 4.68. The summed E-state index contributed by atoms with van der Waals surface area (Å²) in [6.45, 7) is 16.0.